The third kappa shape index (κ3) is 4.73. The molecule has 0 aliphatic rings. The highest BCUT2D eigenvalue weighted by molar-refractivity contribution is 7.87. The smallest absolute Gasteiger partial charge is 0.279 e. The molecule has 0 aliphatic carbocycles. The summed E-state index contributed by atoms with van der Waals surface area (Å²) in [6, 6.07) is 9.11. The van der Waals surface area contributed by atoms with E-state index in [-0.39, 0.29) is 12.6 Å². The second-order valence-electron chi connectivity index (χ2n) is 4.28. The first kappa shape index (κ1) is 15.1. The number of nitrogens with one attached hydrogen (secondary N) is 1. The van der Waals surface area contributed by atoms with Gasteiger partial charge in [0.05, 0.1) is 0 Å². The van der Waals surface area contributed by atoms with E-state index in [0.717, 1.165) is 5.56 Å². The molecule has 1 aromatic carbocycles. The Morgan fingerprint density at radius 1 is 1.33 bits per heavy atom. The van der Waals surface area contributed by atoms with Gasteiger partial charge in [-0.3, -0.25) is 0 Å². The molecule has 6 heteroatoms. The molecule has 1 atom stereocenters. The van der Waals surface area contributed by atoms with E-state index in [0.29, 0.717) is 13.0 Å². The number of aliphatic hydroxyl groups is 1. The highest BCUT2D eigenvalue weighted by Gasteiger charge is 2.19. The average Bonchev–Trinajstić information content (AvgIpc) is 2.29. The van der Waals surface area contributed by atoms with Crippen molar-refractivity contribution in [1.29, 1.82) is 0 Å². The van der Waals surface area contributed by atoms with Crippen LogP contribution in [0.1, 0.15) is 18.9 Å². The van der Waals surface area contributed by atoms with Crippen molar-refractivity contribution in [3.05, 3.63) is 35.9 Å². The summed E-state index contributed by atoms with van der Waals surface area (Å²) in [7, 11) is -1.98. The van der Waals surface area contributed by atoms with E-state index in [1.165, 1.54) is 11.4 Å². The van der Waals surface area contributed by atoms with Gasteiger partial charge in [0.25, 0.3) is 10.2 Å². The van der Waals surface area contributed by atoms with Crippen LogP contribution in [0.15, 0.2) is 30.3 Å². The van der Waals surface area contributed by atoms with Crippen LogP contribution in [0.5, 0.6) is 0 Å². The predicted octanol–water partition coefficient (Wildman–Crippen LogP) is 0.724. The zero-order chi connectivity index (χ0) is 13.6. The molecular formula is C12H20N2O3S. The summed E-state index contributed by atoms with van der Waals surface area (Å²) in [6.45, 7) is 2.01. The van der Waals surface area contributed by atoms with Crippen LogP contribution in [0.3, 0.4) is 0 Å². The van der Waals surface area contributed by atoms with E-state index in [4.69, 9.17) is 5.11 Å². The third-order valence-corrected chi connectivity index (χ3v) is 4.22. The molecule has 1 rings (SSSR count). The van der Waals surface area contributed by atoms with Gasteiger partial charge < -0.3 is 5.11 Å². The fraction of sp³-hybridized carbons (Fsp3) is 0.500. The van der Waals surface area contributed by atoms with Gasteiger partial charge in [-0.25, -0.2) is 0 Å². The third-order valence-electron chi connectivity index (χ3n) is 2.57. The Hall–Kier alpha value is -0.950. The molecular weight excluding hydrogens is 252 g/mol. The Kier molecular flexibility index (Phi) is 5.74. The van der Waals surface area contributed by atoms with E-state index in [2.05, 4.69) is 4.72 Å². The number of hydrogen-bond acceptors (Lipinski definition) is 3. The molecule has 0 heterocycles. The zero-order valence-electron chi connectivity index (χ0n) is 10.7. The maximum absolute atomic E-state index is 12.0. The highest BCUT2D eigenvalue weighted by Crippen LogP contribution is 2.06. The van der Waals surface area contributed by atoms with Gasteiger partial charge in [-0.05, 0) is 18.9 Å². The lowest BCUT2D eigenvalue weighted by atomic mass is 10.2. The molecule has 2 N–H and O–H groups in total. The molecule has 102 valence electrons. The number of hydrogen-bond donors (Lipinski definition) is 2. The molecule has 18 heavy (non-hydrogen) atoms. The first-order chi connectivity index (χ1) is 8.45. The first-order valence-electron chi connectivity index (χ1n) is 5.84. The van der Waals surface area contributed by atoms with E-state index in [1.54, 1.807) is 6.92 Å². The Labute approximate surface area is 109 Å². The van der Waals surface area contributed by atoms with Gasteiger partial charge in [0.2, 0.25) is 0 Å². The fourth-order valence-corrected chi connectivity index (χ4v) is 2.65. The molecule has 0 saturated heterocycles. The van der Waals surface area contributed by atoms with Crippen molar-refractivity contribution in [1.82, 2.24) is 9.03 Å². The fourth-order valence-electron chi connectivity index (χ4n) is 1.52. The molecule has 1 unspecified atom stereocenters. The Morgan fingerprint density at radius 3 is 2.50 bits per heavy atom. The Bertz CT molecular complexity index is 448. The average molecular weight is 272 g/mol. The van der Waals surface area contributed by atoms with Crippen LogP contribution < -0.4 is 4.72 Å². The second kappa shape index (κ2) is 6.84. The molecule has 0 bridgehead atoms. The van der Waals surface area contributed by atoms with Gasteiger partial charge in [-0.2, -0.15) is 17.4 Å². The van der Waals surface area contributed by atoms with Crippen LogP contribution in [0.4, 0.5) is 0 Å². The summed E-state index contributed by atoms with van der Waals surface area (Å²) >= 11 is 0. The number of benzene rings is 1. The molecule has 0 aromatic heterocycles. The van der Waals surface area contributed by atoms with Crippen LogP contribution in [0.25, 0.3) is 0 Å². The second-order valence-corrected chi connectivity index (χ2v) is 6.09. The lowest BCUT2D eigenvalue weighted by Crippen LogP contribution is -2.42. The number of rotatable bonds is 7. The summed E-state index contributed by atoms with van der Waals surface area (Å²) in [5, 5.41) is 8.76. The van der Waals surface area contributed by atoms with E-state index in [1.807, 2.05) is 30.3 Å². The molecule has 0 amide bonds. The van der Waals surface area contributed by atoms with Crippen molar-refractivity contribution in [2.75, 3.05) is 13.7 Å². The van der Waals surface area contributed by atoms with Gasteiger partial charge in [0.1, 0.15) is 0 Å². The summed E-state index contributed by atoms with van der Waals surface area (Å²) in [6.07, 6.45) is 0.401. The van der Waals surface area contributed by atoms with Gasteiger partial charge in [-0.15, -0.1) is 0 Å². The van der Waals surface area contributed by atoms with E-state index >= 15 is 0 Å². The minimum atomic E-state index is -3.51. The van der Waals surface area contributed by atoms with Crippen LogP contribution in [0, 0.1) is 0 Å². The first-order valence-corrected chi connectivity index (χ1v) is 7.28. The van der Waals surface area contributed by atoms with Gasteiger partial charge >= 0.3 is 0 Å². The van der Waals surface area contributed by atoms with Crippen LogP contribution in [-0.2, 0) is 16.8 Å². The lowest BCUT2D eigenvalue weighted by molar-refractivity contribution is 0.274. The number of aliphatic hydroxyl groups excluding tert-OH is 1. The number of nitrogens with zero attached hydrogens (tertiary/aromatic N) is 1. The largest absolute Gasteiger partial charge is 0.396 e. The van der Waals surface area contributed by atoms with Gasteiger partial charge in [-0.1, -0.05) is 30.3 Å². The molecule has 0 saturated carbocycles. The van der Waals surface area contributed by atoms with E-state index < -0.39 is 10.2 Å². The summed E-state index contributed by atoms with van der Waals surface area (Å²) in [5.41, 5.74) is 0.931. The normalized spacial score (nSPS) is 13.8. The van der Waals surface area contributed by atoms with Gasteiger partial charge in [0, 0.05) is 26.2 Å². The lowest BCUT2D eigenvalue weighted by Gasteiger charge is -2.20. The van der Waals surface area contributed by atoms with Crippen LogP contribution in [0.2, 0.25) is 0 Å². The maximum Gasteiger partial charge on any atom is 0.279 e. The van der Waals surface area contributed by atoms with Crippen molar-refractivity contribution >= 4 is 10.2 Å². The molecule has 0 fully saturated rings. The molecule has 5 nitrogen and oxygen atoms in total. The Balaban J connectivity index is 2.62. The standard InChI is InChI=1S/C12H20N2O3S/c1-11(8-9-15)13-18(16,17)14(2)10-12-6-4-3-5-7-12/h3-7,11,13,15H,8-10H2,1-2H3. The van der Waals surface area contributed by atoms with E-state index in [9.17, 15) is 8.42 Å². The molecule has 0 radical (unpaired) electrons. The summed E-state index contributed by atoms with van der Waals surface area (Å²) in [4.78, 5) is 0. The van der Waals surface area contributed by atoms with Crippen molar-refractivity contribution < 1.29 is 13.5 Å². The Morgan fingerprint density at radius 2 is 1.94 bits per heavy atom. The maximum atomic E-state index is 12.0. The quantitative estimate of drug-likeness (QED) is 0.768. The minimum absolute atomic E-state index is 0.0356. The van der Waals surface area contributed by atoms with Crippen molar-refractivity contribution in [3.8, 4) is 0 Å². The van der Waals surface area contributed by atoms with Crippen LogP contribution >= 0.6 is 0 Å². The minimum Gasteiger partial charge on any atom is -0.396 e. The molecule has 1 aromatic rings. The topological polar surface area (TPSA) is 69.6 Å². The molecule has 0 spiro atoms. The monoisotopic (exact) mass is 272 g/mol. The van der Waals surface area contributed by atoms with Crippen molar-refractivity contribution in [2.24, 2.45) is 0 Å². The summed E-state index contributed by atoms with van der Waals surface area (Å²) < 4.78 is 27.7. The van der Waals surface area contributed by atoms with Crippen molar-refractivity contribution in [2.45, 2.75) is 25.9 Å². The van der Waals surface area contributed by atoms with Crippen LogP contribution in [-0.4, -0.2) is 37.5 Å². The zero-order valence-corrected chi connectivity index (χ0v) is 11.5. The summed E-state index contributed by atoms with van der Waals surface area (Å²) in [5.74, 6) is 0. The predicted molar refractivity (Wildman–Crippen MR) is 71.1 cm³/mol. The van der Waals surface area contributed by atoms with Gasteiger partial charge in [0.15, 0.2) is 0 Å². The van der Waals surface area contributed by atoms with Crippen molar-refractivity contribution in [3.63, 3.8) is 0 Å². The highest BCUT2D eigenvalue weighted by atomic mass is 32.2. The SMILES string of the molecule is CC(CCO)NS(=O)(=O)N(C)Cc1ccccc1. The molecule has 0 aliphatic heterocycles.